The molecule has 0 N–H and O–H groups in total. The SMILES string of the molecule is Fc1ccc(-n2nncc2-c2cccnc2)cc1. The first kappa shape index (κ1) is 10.6. The summed E-state index contributed by atoms with van der Waals surface area (Å²) in [6, 6.07) is 9.87. The molecule has 0 fully saturated rings. The lowest BCUT2D eigenvalue weighted by atomic mass is 10.2. The molecular formula is C13H9FN4. The Labute approximate surface area is 103 Å². The maximum atomic E-state index is 12.9. The van der Waals surface area contributed by atoms with Gasteiger partial charge in [-0.25, -0.2) is 9.07 Å². The molecule has 0 atom stereocenters. The van der Waals surface area contributed by atoms with Crippen LogP contribution in [0, 0.1) is 5.82 Å². The van der Waals surface area contributed by atoms with Gasteiger partial charge in [0.25, 0.3) is 0 Å². The number of nitrogens with zero attached hydrogens (tertiary/aromatic N) is 4. The third-order valence-electron chi connectivity index (χ3n) is 2.58. The Morgan fingerprint density at radius 2 is 1.83 bits per heavy atom. The van der Waals surface area contributed by atoms with Gasteiger partial charge in [-0.3, -0.25) is 4.98 Å². The molecule has 0 bridgehead atoms. The van der Waals surface area contributed by atoms with Crippen LogP contribution in [0.3, 0.4) is 0 Å². The van der Waals surface area contributed by atoms with Gasteiger partial charge in [-0.1, -0.05) is 5.21 Å². The van der Waals surface area contributed by atoms with E-state index in [0.29, 0.717) is 0 Å². The summed E-state index contributed by atoms with van der Waals surface area (Å²) >= 11 is 0. The third kappa shape index (κ3) is 1.86. The molecule has 5 heteroatoms. The minimum atomic E-state index is -0.276. The first-order valence-electron chi connectivity index (χ1n) is 5.41. The van der Waals surface area contributed by atoms with Crippen LogP contribution in [0.2, 0.25) is 0 Å². The summed E-state index contributed by atoms with van der Waals surface area (Å²) in [7, 11) is 0. The Balaban J connectivity index is 2.10. The van der Waals surface area contributed by atoms with E-state index in [1.165, 1.54) is 12.1 Å². The van der Waals surface area contributed by atoms with Crippen molar-refractivity contribution in [2.75, 3.05) is 0 Å². The molecular weight excluding hydrogens is 231 g/mol. The van der Waals surface area contributed by atoms with Gasteiger partial charge in [0.05, 0.1) is 17.6 Å². The number of pyridine rings is 1. The normalized spacial score (nSPS) is 10.5. The molecule has 0 aliphatic carbocycles. The van der Waals surface area contributed by atoms with Crippen molar-refractivity contribution in [2.45, 2.75) is 0 Å². The molecule has 3 rings (SSSR count). The van der Waals surface area contributed by atoms with Gasteiger partial charge in [-0.05, 0) is 36.4 Å². The van der Waals surface area contributed by atoms with Gasteiger partial charge in [0.1, 0.15) is 5.82 Å². The standard InChI is InChI=1S/C13H9FN4/c14-11-3-5-12(6-4-11)18-13(9-16-17-18)10-2-1-7-15-8-10/h1-9H. The molecule has 2 aromatic heterocycles. The van der Waals surface area contributed by atoms with Crippen molar-refractivity contribution >= 4 is 0 Å². The molecule has 0 unspecified atom stereocenters. The zero-order valence-corrected chi connectivity index (χ0v) is 9.36. The first-order valence-corrected chi connectivity index (χ1v) is 5.41. The smallest absolute Gasteiger partial charge is 0.123 e. The second-order valence-electron chi connectivity index (χ2n) is 3.75. The van der Waals surface area contributed by atoms with Crippen LogP contribution in [0.15, 0.2) is 55.0 Å². The predicted molar refractivity (Wildman–Crippen MR) is 64.5 cm³/mol. The average Bonchev–Trinajstić information content (AvgIpc) is 2.90. The van der Waals surface area contributed by atoms with Crippen molar-refractivity contribution in [3.8, 4) is 16.9 Å². The van der Waals surface area contributed by atoms with Gasteiger partial charge in [-0.15, -0.1) is 5.10 Å². The van der Waals surface area contributed by atoms with Gasteiger partial charge in [0.15, 0.2) is 0 Å². The highest BCUT2D eigenvalue weighted by Gasteiger charge is 2.08. The molecule has 0 amide bonds. The molecule has 4 nitrogen and oxygen atoms in total. The lowest BCUT2D eigenvalue weighted by Crippen LogP contribution is -1.99. The summed E-state index contributed by atoms with van der Waals surface area (Å²) < 4.78 is 14.5. The van der Waals surface area contributed by atoms with Gasteiger partial charge in [-0.2, -0.15) is 0 Å². The van der Waals surface area contributed by atoms with Crippen molar-refractivity contribution in [2.24, 2.45) is 0 Å². The van der Waals surface area contributed by atoms with Crippen molar-refractivity contribution < 1.29 is 4.39 Å². The Morgan fingerprint density at radius 1 is 1.00 bits per heavy atom. The summed E-state index contributed by atoms with van der Waals surface area (Å²) in [5, 5.41) is 7.90. The minimum absolute atomic E-state index is 0.276. The minimum Gasteiger partial charge on any atom is -0.264 e. The fourth-order valence-electron chi connectivity index (χ4n) is 1.72. The monoisotopic (exact) mass is 240 g/mol. The fourth-order valence-corrected chi connectivity index (χ4v) is 1.72. The molecule has 0 aliphatic heterocycles. The molecule has 18 heavy (non-hydrogen) atoms. The average molecular weight is 240 g/mol. The molecule has 0 spiro atoms. The van der Waals surface area contributed by atoms with Crippen LogP contribution in [0.1, 0.15) is 0 Å². The summed E-state index contributed by atoms with van der Waals surface area (Å²) in [6.07, 6.45) is 5.09. The van der Waals surface area contributed by atoms with Gasteiger partial charge >= 0.3 is 0 Å². The van der Waals surface area contributed by atoms with Gasteiger partial charge in [0.2, 0.25) is 0 Å². The van der Waals surface area contributed by atoms with Crippen LogP contribution in [-0.4, -0.2) is 20.0 Å². The molecule has 0 aliphatic rings. The van der Waals surface area contributed by atoms with Crippen molar-refractivity contribution in [3.05, 3.63) is 60.8 Å². The maximum Gasteiger partial charge on any atom is 0.123 e. The van der Waals surface area contributed by atoms with E-state index in [1.807, 2.05) is 12.1 Å². The number of hydrogen-bond donors (Lipinski definition) is 0. The van der Waals surface area contributed by atoms with E-state index in [9.17, 15) is 4.39 Å². The summed E-state index contributed by atoms with van der Waals surface area (Å²) in [5.74, 6) is -0.276. The lowest BCUT2D eigenvalue weighted by molar-refractivity contribution is 0.627. The summed E-state index contributed by atoms with van der Waals surface area (Å²) in [5.41, 5.74) is 2.48. The van der Waals surface area contributed by atoms with Crippen LogP contribution < -0.4 is 0 Å². The van der Waals surface area contributed by atoms with Crippen LogP contribution in [0.25, 0.3) is 16.9 Å². The number of aromatic nitrogens is 4. The fraction of sp³-hybridized carbons (Fsp3) is 0. The van der Waals surface area contributed by atoms with E-state index in [1.54, 1.807) is 35.4 Å². The van der Waals surface area contributed by atoms with Crippen LogP contribution in [-0.2, 0) is 0 Å². The summed E-state index contributed by atoms with van der Waals surface area (Å²) in [6.45, 7) is 0. The molecule has 0 saturated heterocycles. The lowest BCUT2D eigenvalue weighted by Gasteiger charge is -2.05. The molecule has 3 aromatic rings. The van der Waals surface area contributed by atoms with E-state index < -0.39 is 0 Å². The molecule has 0 radical (unpaired) electrons. The van der Waals surface area contributed by atoms with E-state index in [2.05, 4.69) is 15.3 Å². The molecule has 88 valence electrons. The Hall–Kier alpha value is -2.56. The highest BCUT2D eigenvalue weighted by molar-refractivity contribution is 5.59. The van der Waals surface area contributed by atoms with E-state index in [0.717, 1.165) is 16.9 Å². The quantitative estimate of drug-likeness (QED) is 0.691. The first-order chi connectivity index (χ1) is 8.84. The summed E-state index contributed by atoms with van der Waals surface area (Å²) in [4.78, 5) is 4.06. The number of halogens is 1. The van der Waals surface area contributed by atoms with Crippen LogP contribution in [0.4, 0.5) is 4.39 Å². The molecule has 1 aromatic carbocycles. The third-order valence-corrected chi connectivity index (χ3v) is 2.58. The van der Waals surface area contributed by atoms with Gasteiger partial charge in [0, 0.05) is 18.0 Å². The second-order valence-corrected chi connectivity index (χ2v) is 3.75. The van der Waals surface area contributed by atoms with E-state index in [-0.39, 0.29) is 5.82 Å². The van der Waals surface area contributed by atoms with Crippen LogP contribution >= 0.6 is 0 Å². The van der Waals surface area contributed by atoms with E-state index >= 15 is 0 Å². The second kappa shape index (κ2) is 4.37. The zero-order valence-electron chi connectivity index (χ0n) is 9.36. The van der Waals surface area contributed by atoms with Crippen molar-refractivity contribution in [1.82, 2.24) is 20.0 Å². The highest BCUT2D eigenvalue weighted by atomic mass is 19.1. The van der Waals surface area contributed by atoms with Crippen molar-refractivity contribution in [1.29, 1.82) is 0 Å². The van der Waals surface area contributed by atoms with Crippen LogP contribution in [0.5, 0.6) is 0 Å². The van der Waals surface area contributed by atoms with Gasteiger partial charge < -0.3 is 0 Å². The predicted octanol–water partition coefficient (Wildman–Crippen LogP) is 2.47. The van der Waals surface area contributed by atoms with E-state index in [4.69, 9.17) is 0 Å². The molecule has 2 heterocycles. The Bertz CT molecular complexity index is 646. The topological polar surface area (TPSA) is 43.6 Å². The Kier molecular flexibility index (Phi) is 2.57. The number of rotatable bonds is 2. The highest BCUT2D eigenvalue weighted by Crippen LogP contribution is 2.20. The van der Waals surface area contributed by atoms with Crippen molar-refractivity contribution in [3.63, 3.8) is 0 Å². The number of benzene rings is 1. The Morgan fingerprint density at radius 3 is 2.56 bits per heavy atom. The molecule has 0 saturated carbocycles. The maximum absolute atomic E-state index is 12.9. The zero-order chi connectivity index (χ0) is 12.4. The largest absolute Gasteiger partial charge is 0.264 e. The number of hydrogen-bond acceptors (Lipinski definition) is 3.